The maximum atomic E-state index is 12.2. The summed E-state index contributed by atoms with van der Waals surface area (Å²) in [6, 6.07) is 7.42. The van der Waals surface area contributed by atoms with Crippen LogP contribution >= 0.6 is 11.6 Å². The third-order valence-corrected chi connectivity index (χ3v) is 4.79. The van der Waals surface area contributed by atoms with Crippen LogP contribution in [0.3, 0.4) is 0 Å². The molecular weight excluding hydrogens is 348 g/mol. The number of hydrogen-bond acceptors (Lipinski definition) is 4. The molecule has 6 heteroatoms. The first kappa shape index (κ1) is 18.4. The normalized spacial score (nSPS) is 13.8. The molecule has 0 saturated carbocycles. The summed E-state index contributed by atoms with van der Waals surface area (Å²) in [5.74, 6) is 0.417. The van der Waals surface area contributed by atoms with Crippen LogP contribution in [0.25, 0.3) is 0 Å². The van der Waals surface area contributed by atoms with Gasteiger partial charge in [0.2, 0.25) is 0 Å². The predicted molar refractivity (Wildman–Crippen MR) is 104 cm³/mol. The van der Waals surface area contributed by atoms with Crippen LogP contribution in [0.1, 0.15) is 48.2 Å². The van der Waals surface area contributed by atoms with Gasteiger partial charge in [0.25, 0.3) is 5.91 Å². The van der Waals surface area contributed by atoms with Crippen molar-refractivity contribution in [2.75, 3.05) is 11.9 Å². The molecule has 1 amide bonds. The van der Waals surface area contributed by atoms with E-state index in [0.717, 1.165) is 18.5 Å². The Morgan fingerprint density at radius 1 is 1.15 bits per heavy atom. The second-order valence-corrected chi connectivity index (χ2v) is 6.75. The van der Waals surface area contributed by atoms with Crippen LogP contribution in [-0.2, 0) is 6.54 Å². The van der Waals surface area contributed by atoms with Crippen molar-refractivity contribution in [3.63, 3.8) is 0 Å². The second kappa shape index (κ2) is 9.34. The van der Waals surface area contributed by atoms with Gasteiger partial charge < -0.3 is 10.6 Å². The second-order valence-electron chi connectivity index (χ2n) is 6.35. The summed E-state index contributed by atoms with van der Waals surface area (Å²) in [4.78, 5) is 20.6. The van der Waals surface area contributed by atoms with Gasteiger partial charge in [-0.15, -0.1) is 0 Å². The van der Waals surface area contributed by atoms with E-state index in [-0.39, 0.29) is 11.6 Å². The van der Waals surface area contributed by atoms with E-state index >= 15 is 0 Å². The number of halogens is 1. The highest BCUT2D eigenvalue weighted by Gasteiger charge is 2.09. The zero-order valence-corrected chi connectivity index (χ0v) is 15.4. The molecule has 0 aliphatic heterocycles. The molecule has 2 aromatic rings. The highest BCUT2D eigenvalue weighted by atomic mass is 35.5. The van der Waals surface area contributed by atoms with Gasteiger partial charge in [-0.2, -0.15) is 0 Å². The molecule has 1 aromatic carbocycles. The van der Waals surface area contributed by atoms with E-state index in [2.05, 4.69) is 26.7 Å². The van der Waals surface area contributed by atoms with Crippen molar-refractivity contribution >= 4 is 23.3 Å². The summed E-state index contributed by atoms with van der Waals surface area (Å²) in [6.07, 6.45) is 11.5. The fraction of sp³-hybridized carbons (Fsp3) is 0.350. The van der Waals surface area contributed by atoms with E-state index < -0.39 is 0 Å². The Labute approximate surface area is 158 Å². The van der Waals surface area contributed by atoms with E-state index in [1.807, 2.05) is 18.2 Å². The van der Waals surface area contributed by atoms with Gasteiger partial charge in [0.05, 0.1) is 12.4 Å². The average molecular weight is 371 g/mol. The van der Waals surface area contributed by atoms with Gasteiger partial charge >= 0.3 is 0 Å². The topological polar surface area (TPSA) is 66.9 Å². The molecule has 0 unspecified atom stereocenters. The molecule has 1 aromatic heterocycles. The lowest BCUT2D eigenvalue weighted by atomic mass is 9.97. The number of anilines is 1. The van der Waals surface area contributed by atoms with Gasteiger partial charge in [0, 0.05) is 18.1 Å². The number of hydrogen-bond donors (Lipinski definition) is 2. The Balaban J connectivity index is 1.46. The summed E-state index contributed by atoms with van der Waals surface area (Å²) in [6.45, 7) is 1.19. The van der Waals surface area contributed by atoms with Gasteiger partial charge in [-0.3, -0.25) is 4.79 Å². The molecule has 5 nitrogen and oxygen atoms in total. The number of allylic oxidation sites excluding steroid dienone is 1. The van der Waals surface area contributed by atoms with Crippen molar-refractivity contribution in [1.82, 2.24) is 15.3 Å². The molecule has 26 heavy (non-hydrogen) atoms. The highest BCUT2D eigenvalue weighted by molar-refractivity contribution is 6.31. The van der Waals surface area contributed by atoms with E-state index in [1.165, 1.54) is 37.5 Å². The highest BCUT2D eigenvalue weighted by Crippen LogP contribution is 2.20. The Kier molecular flexibility index (Phi) is 6.61. The van der Waals surface area contributed by atoms with Gasteiger partial charge in [0.15, 0.2) is 0 Å². The quantitative estimate of drug-likeness (QED) is 0.710. The number of nitrogens with one attached hydrogen (secondary N) is 2. The lowest BCUT2D eigenvalue weighted by Crippen LogP contribution is -2.24. The molecule has 0 radical (unpaired) electrons. The molecule has 0 atom stereocenters. The zero-order valence-electron chi connectivity index (χ0n) is 14.7. The molecule has 1 aliphatic carbocycles. The fourth-order valence-corrected chi connectivity index (χ4v) is 3.13. The minimum atomic E-state index is -0.267. The van der Waals surface area contributed by atoms with Crippen LogP contribution in [0, 0.1) is 0 Å². The van der Waals surface area contributed by atoms with Crippen LogP contribution in [0.4, 0.5) is 5.82 Å². The van der Waals surface area contributed by atoms with Crippen LogP contribution in [0.5, 0.6) is 0 Å². The molecule has 0 fully saturated rings. The SMILES string of the molecule is O=C(NCc1ccccc1Cl)c1cnc(NCCC2=CCCCC2)cn1. The third kappa shape index (κ3) is 5.30. The lowest BCUT2D eigenvalue weighted by molar-refractivity contribution is 0.0945. The maximum Gasteiger partial charge on any atom is 0.271 e. The summed E-state index contributed by atoms with van der Waals surface area (Å²) < 4.78 is 0. The summed E-state index contributed by atoms with van der Waals surface area (Å²) in [5.41, 5.74) is 2.68. The Morgan fingerprint density at radius 3 is 2.77 bits per heavy atom. The van der Waals surface area contributed by atoms with E-state index in [1.54, 1.807) is 12.3 Å². The number of aromatic nitrogens is 2. The smallest absolute Gasteiger partial charge is 0.271 e. The molecule has 0 bridgehead atoms. The van der Waals surface area contributed by atoms with E-state index in [4.69, 9.17) is 11.6 Å². The fourth-order valence-electron chi connectivity index (χ4n) is 2.93. The first-order valence-electron chi connectivity index (χ1n) is 8.98. The van der Waals surface area contributed by atoms with Gasteiger partial charge in [0.1, 0.15) is 11.5 Å². The molecule has 1 heterocycles. The third-order valence-electron chi connectivity index (χ3n) is 4.42. The minimum absolute atomic E-state index is 0.267. The summed E-state index contributed by atoms with van der Waals surface area (Å²) >= 11 is 6.09. The number of carbonyl (C=O) groups excluding carboxylic acids is 1. The van der Waals surface area contributed by atoms with Crippen LogP contribution in [0.2, 0.25) is 5.02 Å². The first-order valence-corrected chi connectivity index (χ1v) is 9.35. The molecular formula is C20H23ClN4O. The van der Waals surface area contributed by atoms with Crippen molar-refractivity contribution < 1.29 is 4.79 Å². The summed E-state index contributed by atoms with van der Waals surface area (Å²) in [5, 5.41) is 6.70. The maximum absolute atomic E-state index is 12.2. The van der Waals surface area contributed by atoms with Crippen molar-refractivity contribution in [1.29, 1.82) is 0 Å². The van der Waals surface area contributed by atoms with Gasteiger partial charge in [-0.1, -0.05) is 41.4 Å². The first-order chi connectivity index (χ1) is 12.7. The molecule has 2 N–H and O–H groups in total. The molecule has 136 valence electrons. The molecule has 0 spiro atoms. The minimum Gasteiger partial charge on any atom is -0.368 e. The number of amides is 1. The number of nitrogens with zero attached hydrogens (tertiary/aromatic N) is 2. The van der Waals surface area contributed by atoms with Crippen molar-refractivity contribution in [2.24, 2.45) is 0 Å². The average Bonchev–Trinajstić information content (AvgIpc) is 2.68. The van der Waals surface area contributed by atoms with E-state index in [9.17, 15) is 4.79 Å². The van der Waals surface area contributed by atoms with Crippen LogP contribution < -0.4 is 10.6 Å². The Morgan fingerprint density at radius 2 is 2.04 bits per heavy atom. The predicted octanol–water partition coefficient (Wildman–Crippen LogP) is 4.36. The zero-order chi connectivity index (χ0) is 18.2. The van der Waals surface area contributed by atoms with E-state index in [0.29, 0.717) is 17.4 Å². The largest absolute Gasteiger partial charge is 0.368 e. The van der Waals surface area contributed by atoms with Gasteiger partial charge in [-0.25, -0.2) is 9.97 Å². The standard InChI is InChI=1S/C20H23ClN4O/c21-17-9-5-4-8-16(17)12-25-20(26)18-13-24-19(14-23-18)22-11-10-15-6-2-1-3-7-15/h4-6,8-9,13-14H,1-3,7,10-12H2,(H,22,24)(H,25,26). The van der Waals surface area contributed by atoms with Crippen molar-refractivity contribution in [3.05, 3.63) is 64.6 Å². The van der Waals surface area contributed by atoms with Crippen molar-refractivity contribution in [3.8, 4) is 0 Å². The number of carbonyl (C=O) groups is 1. The number of rotatable bonds is 7. The molecule has 0 saturated heterocycles. The van der Waals surface area contributed by atoms with Crippen LogP contribution in [-0.4, -0.2) is 22.4 Å². The van der Waals surface area contributed by atoms with Crippen molar-refractivity contribution in [2.45, 2.75) is 38.6 Å². The van der Waals surface area contributed by atoms with Crippen LogP contribution in [0.15, 0.2) is 48.3 Å². The van der Waals surface area contributed by atoms with Gasteiger partial charge in [-0.05, 0) is 43.7 Å². The summed E-state index contributed by atoms with van der Waals surface area (Å²) in [7, 11) is 0. The Hall–Kier alpha value is -2.40. The lowest BCUT2D eigenvalue weighted by Gasteiger charge is -2.13. The molecule has 3 rings (SSSR count). The Bertz CT molecular complexity index is 774. The molecule has 1 aliphatic rings. The monoisotopic (exact) mass is 370 g/mol. The number of benzene rings is 1.